The Kier molecular flexibility index (Phi) is 5.72. The summed E-state index contributed by atoms with van der Waals surface area (Å²) in [7, 11) is 0. The predicted octanol–water partition coefficient (Wildman–Crippen LogP) is 4.08. The van der Waals surface area contributed by atoms with E-state index < -0.39 is 6.09 Å². The molecule has 22 heavy (non-hydrogen) atoms. The van der Waals surface area contributed by atoms with Gasteiger partial charge in [0.05, 0.1) is 0 Å². The molecule has 1 N–H and O–H groups in total. The molecule has 1 heterocycles. The molecule has 0 bridgehead atoms. The molecule has 6 heteroatoms. The second kappa shape index (κ2) is 7.75. The Hall–Kier alpha value is -2.14. The van der Waals surface area contributed by atoms with Crippen LogP contribution in [0.25, 0.3) is 0 Å². The molecule has 0 spiro atoms. The standard InChI is InChI=1S/C16H18ClN3O2/c1-11(2)8-13-9-14(17)19-15(18-13)20-16(21)22-10-12-6-4-3-5-7-12/h3-7,9,11H,8,10H2,1-2H3,(H,18,19,20,21). The molecule has 0 unspecified atom stereocenters. The van der Waals surface area contributed by atoms with Gasteiger partial charge in [0.1, 0.15) is 11.8 Å². The van der Waals surface area contributed by atoms with Crippen molar-refractivity contribution in [1.82, 2.24) is 9.97 Å². The molecular formula is C16H18ClN3O2. The lowest BCUT2D eigenvalue weighted by molar-refractivity contribution is 0.155. The van der Waals surface area contributed by atoms with Gasteiger partial charge in [-0.15, -0.1) is 0 Å². The van der Waals surface area contributed by atoms with Gasteiger partial charge in [-0.25, -0.2) is 14.8 Å². The minimum absolute atomic E-state index is 0.154. The van der Waals surface area contributed by atoms with Gasteiger partial charge < -0.3 is 4.74 Å². The average Bonchev–Trinajstić information content (AvgIpc) is 2.45. The zero-order chi connectivity index (χ0) is 15.9. The quantitative estimate of drug-likeness (QED) is 0.843. The van der Waals surface area contributed by atoms with Crippen LogP contribution in [-0.2, 0) is 17.8 Å². The first-order chi connectivity index (χ1) is 10.5. The van der Waals surface area contributed by atoms with E-state index in [-0.39, 0.29) is 12.6 Å². The third-order valence-corrected chi connectivity index (χ3v) is 2.99. The second-order valence-corrected chi connectivity index (χ2v) is 5.68. The fourth-order valence-electron chi connectivity index (χ4n) is 1.89. The molecule has 0 aliphatic rings. The van der Waals surface area contributed by atoms with Crippen LogP contribution in [0.5, 0.6) is 0 Å². The lowest BCUT2D eigenvalue weighted by atomic mass is 10.1. The number of ether oxygens (including phenoxy) is 1. The highest BCUT2D eigenvalue weighted by molar-refractivity contribution is 6.29. The number of benzene rings is 1. The maximum absolute atomic E-state index is 11.8. The van der Waals surface area contributed by atoms with Crippen molar-refractivity contribution in [1.29, 1.82) is 0 Å². The van der Waals surface area contributed by atoms with E-state index in [2.05, 4.69) is 29.1 Å². The van der Waals surface area contributed by atoms with Crippen LogP contribution in [-0.4, -0.2) is 16.1 Å². The number of rotatable bonds is 5. The van der Waals surface area contributed by atoms with Crippen molar-refractivity contribution in [3.8, 4) is 0 Å². The number of carbonyl (C=O) groups is 1. The molecule has 0 atom stereocenters. The number of nitrogens with zero attached hydrogens (tertiary/aromatic N) is 2. The van der Waals surface area contributed by atoms with E-state index >= 15 is 0 Å². The minimum Gasteiger partial charge on any atom is -0.444 e. The van der Waals surface area contributed by atoms with Crippen LogP contribution in [0.3, 0.4) is 0 Å². The number of aromatic nitrogens is 2. The third kappa shape index (κ3) is 5.33. The van der Waals surface area contributed by atoms with E-state index in [0.717, 1.165) is 17.7 Å². The van der Waals surface area contributed by atoms with Gasteiger partial charge in [-0.1, -0.05) is 55.8 Å². The topological polar surface area (TPSA) is 64.1 Å². The van der Waals surface area contributed by atoms with Crippen LogP contribution in [0.15, 0.2) is 36.4 Å². The molecule has 2 rings (SSSR count). The van der Waals surface area contributed by atoms with E-state index in [9.17, 15) is 4.79 Å². The lowest BCUT2D eigenvalue weighted by Crippen LogP contribution is -2.16. The second-order valence-electron chi connectivity index (χ2n) is 5.29. The Morgan fingerprint density at radius 3 is 2.68 bits per heavy atom. The number of anilines is 1. The molecular weight excluding hydrogens is 302 g/mol. The molecule has 0 aliphatic heterocycles. The third-order valence-electron chi connectivity index (χ3n) is 2.79. The largest absolute Gasteiger partial charge is 0.444 e. The van der Waals surface area contributed by atoms with E-state index in [1.54, 1.807) is 6.07 Å². The summed E-state index contributed by atoms with van der Waals surface area (Å²) >= 11 is 5.95. The summed E-state index contributed by atoms with van der Waals surface area (Å²) in [5, 5.41) is 2.79. The predicted molar refractivity (Wildman–Crippen MR) is 85.8 cm³/mol. The van der Waals surface area contributed by atoms with E-state index in [0.29, 0.717) is 11.1 Å². The first-order valence-electron chi connectivity index (χ1n) is 7.04. The first kappa shape index (κ1) is 16.2. The molecule has 0 saturated heterocycles. The van der Waals surface area contributed by atoms with Crippen molar-refractivity contribution in [2.45, 2.75) is 26.9 Å². The highest BCUT2D eigenvalue weighted by Crippen LogP contribution is 2.14. The van der Waals surface area contributed by atoms with Crippen LogP contribution in [0.4, 0.5) is 10.7 Å². The van der Waals surface area contributed by atoms with Crippen LogP contribution in [0.1, 0.15) is 25.1 Å². The smallest absolute Gasteiger partial charge is 0.414 e. The monoisotopic (exact) mass is 319 g/mol. The zero-order valence-electron chi connectivity index (χ0n) is 12.5. The molecule has 1 aromatic carbocycles. The van der Waals surface area contributed by atoms with Crippen LogP contribution in [0.2, 0.25) is 5.15 Å². The van der Waals surface area contributed by atoms with Crippen molar-refractivity contribution >= 4 is 23.6 Å². The number of halogens is 1. The van der Waals surface area contributed by atoms with Crippen molar-refractivity contribution in [2.24, 2.45) is 5.92 Å². The van der Waals surface area contributed by atoms with Gasteiger partial charge in [0.25, 0.3) is 0 Å². The van der Waals surface area contributed by atoms with Crippen LogP contribution >= 0.6 is 11.6 Å². The Bertz CT molecular complexity index is 633. The fourth-order valence-corrected chi connectivity index (χ4v) is 2.10. The van der Waals surface area contributed by atoms with Gasteiger partial charge in [0, 0.05) is 5.69 Å². The molecule has 1 aromatic heterocycles. The highest BCUT2D eigenvalue weighted by Gasteiger charge is 2.09. The highest BCUT2D eigenvalue weighted by atomic mass is 35.5. The lowest BCUT2D eigenvalue weighted by Gasteiger charge is -2.09. The fraction of sp³-hybridized carbons (Fsp3) is 0.312. The molecule has 0 fully saturated rings. The molecule has 116 valence electrons. The number of nitrogens with one attached hydrogen (secondary N) is 1. The first-order valence-corrected chi connectivity index (χ1v) is 7.42. The van der Waals surface area contributed by atoms with Crippen molar-refractivity contribution in [3.63, 3.8) is 0 Å². The van der Waals surface area contributed by atoms with Gasteiger partial charge in [0.2, 0.25) is 5.95 Å². The Morgan fingerprint density at radius 2 is 2.00 bits per heavy atom. The van der Waals surface area contributed by atoms with Gasteiger partial charge in [0.15, 0.2) is 0 Å². The Morgan fingerprint density at radius 1 is 1.27 bits per heavy atom. The molecule has 0 aliphatic carbocycles. The zero-order valence-corrected chi connectivity index (χ0v) is 13.3. The molecule has 0 saturated carbocycles. The van der Waals surface area contributed by atoms with Gasteiger partial charge in [-0.3, -0.25) is 5.32 Å². The summed E-state index contributed by atoms with van der Waals surface area (Å²) in [5.74, 6) is 0.588. The normalized spacial score (nSPS) is 10.5. The molecule has 1 amide bonds. The maximum Gasteiger partial charge on any atom is 0.414 e. The van der Waals surface area contributed by atoms with Crippen LogP contribution in [0, 0.1) is 5.92 Å². The number of hydrogen-bond acceptors (Lipinski definition) is 4. The Labute approximate surface area is 134 Å². The minimum atomic E-state index is -0.610. The van der Waals surface area contributed by atoms with E-state index in [1.165, 1.54) is 0 Å². The van der Waals surface area contributed by atoms with Gasteiger partial charge >= 0.3 is 6.09 Å². The number of amides is 1. The van der Waals surface area contributed by atoms with Gasteiger partial charge in [-0.05, 0) is 24.0 Å². The van der Waals surface area contributed by atoms with Gasteiger partial charge in [-0.2, -0.15) is 0 Å². The summed E-state index contributed by atoms with van der Waals surface area (Å²) in [4.78, 5) is 20.0. The number of hydrogen-bond donors (Lipinski definition) is 1. The summed E-state index contributed by atoms with van der Waals surface area (Å²) in [5.41, 5.74) is 1.69. The molecule has 0 radical (unpaired) electrons. The van der Waals surface area contributed by atoms with Crippen molar-refractivity contribution in [3.05, 3.63) is 52.8 Å². The van der Waals surface area contributed by atoms with E-state index in [4.69, 9.17) is 16.3 Å². The molecule has 5 nitrogen and oxygen atoms in total. The van der Waals surface area contributed by atoms with Crippen molar-refractivity contribution < 1.29 is 9.53 Å². The summed E-state index contributed by atoms with van der Waals surface area (Å²) < 4.78 is 5.12. The molecule has 2 aromatic rings. The van der Waals surface area contributed by atoms with Crippen molar-refractivity contribution in [2.75, 3.05) is 5.32 Å². The number of carbonyl (C=O) groups excluding carboxylic acids is 1. The average molecular weight is 320 g/mol. The maximum atomic E-state index is 11.8. The Balaban J connectivity index is 1.94. The summed E-state index contributed by atoms with van der Waals surface area (Å²) in [6.45, 7) is 4.35. The SMILES string of the molecule is CC(C)Cc1cc(Cl)nc(NC(=O)OCc2ccccc2)n1. The summed E-state index contributed by atoms with van der Waals surface area (Å²) in [6, 6.07) is 11.1. The summed E-state index contributed by atoms with van der Waals surface area (Å²) in [6.07, 6.45) is 0.150. The van der Waals surface area contributed by atoms with E-state index in [1.807, 2.05) is 30.3 Å². The van der Waals surface area contributed by atoms with Crippen LogP contribution < -0.4 is 5.32 Å².